The molecule has 1 heterocycles. The zero-order valence-electron chi connectivity index (χ0n) is 13.2. The summed E-state index contributed by atoms with van der Waals surface area (Å²) in [5, 5.41) is 6.53. The van der Waals surface area contributed by atoms with Crippen molar-refractivity contribution >= 4 is 17.5 Å². The van der Waals surface area contributed by atoms with Gasteiger partial charge in [-0.25, -0.2) is 9.37 Å². The molecule has 1 aliphatic rings. The molecule has 1 saturated carbocycles. The lowest BCUT2D eigenvalue weighted by Gasteiger charge is -2.14. The number of nitrogens with one attached hydrogen (secondary N) is 2. The first kappa shape index (κ1) is 14.8. The van der Waals surface area contributed by atoms with Crippen LogP contribution in [0.25, 0.3) is 0 Å². The zero-order chi connectivity index (χ0) is 15.7. The average molecular weight is 300 g/mol. The van der Waals surface area contributed by atoms with Gasteiger partial charge in [-0.2, -0.15) is 4.98 Å². The van der Waals surface area contributed by atoms with Crippen LogP contribution in [0.3, 0.4) is 0 Å². The molecule has 0 atom stereocenters. The maximum absolute atomic E-state index is 13.2. The molecule has 2 N–H and O–H groups in total. The lowest BCUT2D eigenvalue weighted by Crippen LogP contribution is -2.14. The molecule has 2 aromatic rings. The number of aryl methyl sites for hydroxylation is 1. The SMILES string of the molecule is Cc1cc(F)ccc1Nc1cc(C2CC2)nc(NC(C)C)n1. The number of hydrogen-bond donors (Lipinski definition) is 2. The van der Waals surface area contributed by atoms with Gasteiger partial charge in [0.1, 0.15) is 11.6 Å². The quantitative estimate of drug-likeness (QED) is 0.861. The van der Waals surface area contributed by atoms with Crippen LogP contribution in [-0.4, -0.2) is 16.0 Å². The number of nitrogens with zero attached hydrogens (tertiary/aromatic N) is 2. The summed E-state index contributed by atoms with van der Waals surface area (Å²) in [7, 11) is 0. The second-order valence-electron chi connectivity index (χ2n) is 6.16. The first-order valence-corrected chi connectivity index (χ1v) is 7.70. The van der Waals surface area contributed by atoms with Crippen molar-refractivity contribution in [2.24, 2.45) is 0 Å². The van der Waals surface area contributed by atoms with E-state index in [1.54, 1.807) is 6.07 Å². The number of rotatable bonds is 5. The van der Waals surface area contributed by atoms with Crippen LogP contribution in [0.5, 0.6) is 0 Å². The van der Waals surface area contributed by atoms with Crippen molar-refractivity contribution in [2.45, 2.75) is 45.6 Å². The molecule has 1 aliphatic carbocycles. The van der Waals surface area contributed by atoms with E-state index in [0.717, 1.165) is 22.8 Å². The summed E-state index contributed by atoms with van der Waals surface area (Å²) in [6.07, 6.45) is 2.38. The summed E-state index contributed by atoms with van der Waals surface area (Å²) in [4.78, 5) is 9.11. The molecule has 0 aliphatic heterocycles. The van der Waals surface area contributed by atoms with E-state index < -0.39 is 0 Å². The van der Waals surface area contributed by atoms with E-state index in [9.17, 15) is 4.39 Å². The number of anilines is 3. The lowest BCUT2D eigenvalue weighted by molar-refractivity contribution is 0.627. The third kappa shape index (κ3) is 3.53. The van der Waals surface area contributed by atoms with Crippen molar-refractivity contribution in [3.8, 4) is 0 Å². The molecule has 0 radical (unpaired) electrons. The third-order valence-corrected chi connectivity index (χ3v) is 3.61. The first-order chi connectivity index (χ1) is 10.5. The van der Waals surface area contributed by atoms with Crippen LogP contribution in [-0.2, 0) is 0 Å². The van der Waals surface area contributed by atoms with E-state index in [1.807, 2.05) is 13.0 Å². The molecule has 0 saturated heterocycles. The molecule has 3 rings (SSSR count). The van der Waals surface area contributed by atoms with Crippen molar-refractivity contribution in [2.75, 3.05) is 10.6 Å². The molecule has 5 heteroatoms. The third-order valence-electron chi connectivity index (χ3n) is 3.61. The molecule has 0 unspecified atom stereocenters. The summed E-state index contributed by atoms with van der Waals surface area (Å²) in [6.45, 7) is 6.00. The fraction of sp³-hybridized carbons (Fsp3) is 0.412. The smallest absolute Gasteiger partial charge is 0.225 e. The summed E-state index contributed by atoms with van der Waals surface area (Å²) in [6, 6.07) is 6.96. The number of hydrogen-bond acceptors (Lipinski definition) is 4. The van der Waals surface area contributed by atoms with Crippen molar-refractivity contribution < 1.29 is 4.39 Å². The van der Waals surface area contributed by atoms with Crippen LogP contribution in [0, 0.1) is 12.7 Å². The fourth-order valence-corrected chi connectivity index (χ4v) is 2.35. The molecular weight excluding hydrogens is 279 g/mol. The number of benzene rings is 1. The Kier molecular flexibility index (Phi) is 3.96. The second-order valence-corrected chi connectivity index (χ2v) is 6.16. The topological polar surface area (TPSA) is 49.8 Å². The summed E-state index contributed by atoms with van der Waals surface area (Å²) >= 11 is 0. The highest BCUT2D eigenvalue weighted by Crippen LogP contribution is 2.40. The number of halogens is 1. The van der Waals surface area contributed by atoms with Gasteiger partial charge in [0.2, 0.25) is 5.95 Å². The Balaban J connectivity index is 1.89. The highest BCUT2D eigenvalue weighted by molar-refractivity contribution is 5.61. The Morgan fingerprint density at radius 1 is 1.18 bits per heavy atom. The molecule has 0 bridgehead atoms. The molecule has 1 aromatic heterocycles. The van der Waals surface area contributed by atoms with Gasteiger partial charge in [0.05, 0.1) is 5.69 Å². The average Bonchev–Trinajstić information content (AvgIpc) is 3.25. The van der Waals surface area contributed by atoms with Gasteiger partial charge in [0.25, 0.3) is 0 Å². The second kappa shape index (κ2) is 5.91. The Morgan fingerprint density at radius 3 is 2.59 bits per heavy atom. The minimum Gasteiger partial charge on any atom is -0.352 e. The van der Waals surface area contributed by atoms with E-state index in [4.69, 9.17) is 0 Å². The molecule has 22 heavy (non-hydrogen) atoms. The molecule has 1 aromatic carbocycles. The van der Waals surface area contributed by atoms with Gasteiger partial charge in [0.15, 0.2) is 0 Å². The molecule has 1 fully saturated rings. The molecular formula is C17H21FN4. The van der Waals surface area contributed by atoms with Gasteiger partial charge in [-0.15, -0.1) is 0 Å². The summed E-state index contributed by atoms with van der Waals surface area (Å²) in [5.41, 5.74) is 2.78. The highest BCUT2D eigenvalue weighted by Gasteiger charge is 2.26. The zero-order valence-corrected chi connectivity index (χ0v) is 13.2. The van der Waals surface area contributed by atoms with Crippen molar-refractivity contribution in [1.82, 2.24) is 9.97 Å². The fourth-order valence-electron chi connectivity index (χ4n) is 2.35. The van der Waals surface area contributed by atoms with Crippen LogP contribution in [0.1, 0.15) is 43.9 Å². The predicted octanol–water partition coefficient (Wildman–Crippen LogP) is 4.37. The van der Waals surface area contributed by atoms with Crippen LogP contribution >= 0.6 is 0 Å². The molecule has 0 amide bonds. The van der Waals surface area contributed by atoms with Gasteiger partial charge in [-0.1, -0.05) is 0 Å². The minimum absolute atomic E-state index is 0.230. The first-order valence-electron chi connectivity index (χ1n) is 7.70. The Morgan fingerprint density at radius 2 is 1.95 bits per heavy atom. The van der Waals surface area contributed by atoms with E-state index in [-0.39, 0.29) is 11.9 Å². The summed E-state index contributed by atoms with van der Waals surface area (Å²) < 4.78 is 13.2. The molecule has 0 spiro atoms. The van der Waals surface area contributed by atoms with Gasteiger partial charge in [-0.05, 0) is 57.4 Å². The van der Waals surface area contributed by atoms with Crippen molar-refractivity contribution in [1.29, 1.82) is 0 Å². The van der Waals surface area contributed by atoms with Crippen LogP contribution in [0.15, 0.2) is 24.3 Å². The normalized spacial score (nSPS) is 14.2. The highest BCUT2D eigenvalue weighted by atomic mass is 19.1. The lowest BCUT2D eigenvalue weighted by atomic mass is 10.2. The van der Waals surface area contributed by atoms with Crippen LogP contribution in [0.2, 0.25) is 0 Å². The standard InChI is InChI=1S/C17H21FN4/c1-10(2)19-17-21-15(12-4-5-12)9-16(22-17)20-14-7-6-13(18)8-11(14)3/h6-10,12H,4-5H2,1-3H3,(H2,19,20,21,22). The van der Waals surface area contributed by atoms with Crippen LogP contribution in [0.4, 0.5) is 21.8 Å². The van der Waals surface area contributed by atoms with Gasteiger partial charge in [-0.3, -0.25) is 0 Å². The van der Waals surface area contributed by atoms with E-state index in [1.165, 1.54) is 25.0 Å². The Bertz CT molecular complexity index is 680. The monoisotopic (exact) mass is 300 g/mol. The predicted molar refractivity (Wildman–Crippen MR) is 87.2 cm³/mol. The van der Waals surface area contributed by atoms with E-state index in [0.29, 0.717) is 11.9 Å². The van der Waals surface area contributed by atoms with E-state index in [2.05, 4.69) is 34.4 Å². The van der Waals surface area contributed by atoms with Gasteiger partial charge in [0, 0.05) is 23.7 Å². The molecule has 4 nitrogen and oxygen atoms in total. The Hall–Kier alpha value is -2.17. The number of aromatic nitrogens is 2. The van der Waals surface area contributed by atoms with Crippen molar-refractivity contribution in [3.05, 3.63) is 41.3 Å². The van der Waals surface area contributed by atoms with Gasteiger partial charge >= 0.3 is 0 Å². The maximum atomic E-state index is 13.2. The van der Waals surface area contributed by atoms with Crippen LogP contribution < -0.4 is 10.6 Å². The minimum atomic E-state index is -0.230. The maximum Gasteiger partial charge on any atom is 0.225 e. The molecule has 116 valence electrons. The Labute approximate surface area is 130 Å². The largest absolute Gasteiger partial charge is 0.352 e. The van der Waals surface area contributed by atoms with E-state index >= 15 is 0 Å². The van der Waals surface area contributed by atoms with Gasteiger partial charge < -0.3 is 10.6 Å². The summed E-state index contributed by atoms with van der Waals surface area (Å²) in [5.74, 6) is 1.70. The van der Waals surface area contributed by atoms with Crippen molar-refractivity contribution in [3.63, 3.8) is 0 Å².